The van der Waals surface area contributed by atoms with Gasteiger partial charge in [0.15, 0.2) is 6.17 Å². The zero-order valence-electron chi connectivity index (χ0n) is 16.2. The van der Waals surface area contributed by atoms with Gasteiger partial charge in [0.25, 0.3) is 11.4 Å². The zero-order chi connectivity index (χ0) is 24.1. The summed E-state index contributed by atoms with van der Waals surface area (Å²) in [4.78, 5) is 31.2. The molecule has 172 valence electrons. The van der Waals surface area contributed by atoms with Crippen molar-refractivity contribution < 1.29 is 36.2 Å². The van der Waals surface area contributed by atoms with E-state index in [9.17, 15) is 41.9 Å². The molecule has 0 saturated carbocycles. The Morgan fingerprint density at radius 3 is 1.47 bits per heavy atom. The van der Waals surface area contributed by atoms with Crippen molar-refractivity contribution in [2.75, 3.05) is 6.61 Å². The SMILES string of the molecule is CCOC(=O)C(NS(=O)(=O)c1ccc([N+](=O)[O-])cc1)NS(=O)(=O)c1ccc([N+](=O)[O-])cc1. The van der Waals surface area contributed by atoms with E-state index in [1.807, 2.05) is 9.44 Å². The first-order chi connectivity index (χ1) is 14.9. The quantitative estimate of drug-likeness (QED) is 0.207. The molecule has 2 aromatic carbocycles. The number of nitro groups is 2. The summed E-state index contributed by atoms with van der Waals surface area (Å²) in [5.74, 6) is -1.27. The van der Waals surface area contributed by atoms with Crippen LogP contribution in [0.2, 0.25) is 0 Å². The number of carbonyl (C=O) groups excluding carboxylic acids is 1. The molecule has 0 bridgehead atoms. The van der Waals surface area contributed by atoms with E-state index in [1.165, 1.54) is 6.92 Å². The van der Waals surface area contributed by atoms with E-state index in [1.54, 1.807) is 0 Å². The minimum atomic E-state index is -4.53. The van der Waals surface area contributed by atoms with E-state index in [0.717, 1.165) is 48.5 Å². The molecule has 0 unspecified atom stereocenters. The van der Waals surface area contributed by atoms with Crippen molar-refractivity contribution in [2.45, 2.75) is 22.9 Å². The van der Waals surface area contributed by atoms with Gasteiger partial charge < -0.3 is 4.74 Å². The predicted molar refractivity (Wildman–Crippen MR) is 107 cm³/mol. The fraction of sp³-hybridized carbons (Fsp3) is 0.188. The molecule has 2 rings (SSSR count). The van der Waals surface area contributed by atoms with Crippen LogP contribution in [0.15, 0.2) is 58.3 Å². The molecule has 0 aliphatic heterocycles. The van der Waals surface area contributed by atoms with Gasteiger partial charge in [-0.3, -0.25) is 20.2 Å². The number of benzene rings is 2. The van der Waals surface area contributed by atoms with Gasteiger partial charge in [-0.1, -0.05) is 0 Å². The van der Waals surface area contributed by atoms with Gasteiger partial charge in [0.1, 0.15) is 0 Å². The molecule has 0 heterocycles. The van der Waals surface area contributed by atoms with Crippen LogP contribution in [0.25, 0.3) is 0 Å². The summed E-state index contributed by atoms with van der Waals surface area (Å²) < 4.78 is 58.7. The normalized spacial score (nSPS) is 11.8. The van der Waals surface area contributed by atoms with Crippen molar-refractivity contribution in [1.29, 1.82) is 0 Å². The Balaban J connectivity index is 2.34. The van der Waals surface area contributed by atoms with E-state index in [4.69, 9.17) is 4.74 Å². The molecule has 0 spiro atoms. The van der Waals surface area contributed by atoms with Crippen molar-refractivity contribution in [1.82, 2.24) is 9.44 Å². The standard InChI is InChI=1S/C16H16N4O10S2/c1-2-30-16(21)15(17-31(26,27)13-7-3-11(4-8-13)19(22)23)18-32(28,29)14-9-5-12(6-10-14)20(24)25/h3-10,15,17-18H,2H2,1H3. The van der Waals surface area contributed by atoms with Crippen LogP contribution in [0, 0.1) is 20.2 Å². The molecule has 14 nitrogen and oxygen atoms in total. The fourth-order valence-electron chi connectivity index (χ4n) is 2.29. The lowest BCUT2D eigenvalue weighted by molar-refractivity contribution is -0.385. The Morgan fingerprint density at radius 1 is 0.844 bits per heavy atom. The van der Waals surface area contributed by atoms with Gasteiger partial charge in [-0.2, -0.15) is 9.44 Å². The Bertz CT molecular complexity index is 1140. The summed E-state index contributed by atoms with van der Waals surface area (Å²) in [6.45, 7) is 1.21. The third-order valence-corrected chi connectivity index (χ3v) is 6.66. The van der Waals surface area contributed by atoms with Gasteiger partial charge in [-0.25, -0.2) is 21.6 Å². The highest BCUT2D eigenvalue weighted by molar-refractivity contribution is 7.90. The van der Waals surface area contributed by atoms with Gasteiger partial charge in [-0.05, 0) is 31.2 Å². The molecular formula is C16H16N4O10S2. The number of nitrogens with one attached hydrogen (secondary N) is 2. The summed E-state index contributed by atoms with van der Waals surface area (Å²) in [6, 6.07) is 7.23. The number of hydrogen-bond donors (Lipinski definition) is 2. The predicted octanol–water partition coefficient (Wildman–Crippen LogP) is 0.649. The first kappa shape index (κ1) is 24.8. The highest BCUT2D eigenvalue weighted by Crippen LogP contribution is 2.18. The van der Waals surface area contributed by atoms with E-state index in [-0.39, 0.29) is 18.0 Å². The molecule has 2 N–H and O–H groups in total. The number of nitro benzene ring substituents is 2. The maximum absolute atomic E-state index is 12.6. The van der Waals surface area contributed by atoms with Crippen LogP contribution < -0.4 is 9.44 Å². The van der Waals surface area contributed by atoms with E-state index in [2.05, 4.69) is 0 Å². The molecule has 0 aliphatic rings. The monoisotopic (exact) mass is 488 g/mol. The second-order valence-corrected chi connectivity index (χ2v) is 9.36. The molecule has 0 radical (unpaired) electrons. The van der Waals surface area contributed by atoms with Crippen molar-refractivity contribution in [3.05, 3.63) is 68.8 Å². The average molecular weight is 488 g/mol. The summed E-state index contributed by atoms with van der Waals surface area (Å²) >= 11 is 0. The maximum Gasteiger partial charge on any atom is 0.340 e. The first-order valence-corrected chi connectivity index (χ1v) is 11.5. The third-order valence-electron chi connectivity index (χ3n) is 3.78. The van der Waals surface area contributed by atoms with Crippen LogP contribution in [-0.4, -0.2) is 45.4 Å². The lowest BCUT2D eigenvalue weighted by Gasteiger charge is -2.19. The topological polar surface area (TPSA) is 205 Å². The molecule has 0 fully saturated rings. The van der Waals surface area contributed by atoms with Gasteiger partial charge in [0.2, 0.25) is 20.0 Å². The van der Waals surface area contributed by atoms with E-state index < -0.39 is 51.8 Å². The largest absolute Gasteiger partial charge is 0.464 e. The first-order valence-electron chi connectivity index (χ1n) is 8.57. The molecule has 0 amide bonds. The van der Waals surface area contributed by atoms with Gasteiger partial charge in [0.05, 0.1) is 26.2 Å². The van der Waals surface area contributed by atoms with Crippen LogP contribution in [0.1, 0.15) is 6.92 Å². The lowest BCUT2D eigenvalue weighted by Crippen LogP contribution is -2.53. The summed E-state index contributed by atoms with van der Waals surface area (Å²) in [5.41, 5.74) is -0.769. The molecule has 16 heteroatoms. The second kappa shape index (κ2) is 9.77. The molecule has 0 aromatic heterocycles. The van der Waals surface area contributed by atoms with Crippen molar-refractivity contribution in [3.8, 4) is 0 Å². The summed E-state index contributed by atoms with van der Waals surface area (Å²) in [6.07, 6.45) is -2.10. The summed E-state index contributed by atoms with van der Waals surface area (Å²) in [7, 11) is -9.06. The van der Waals surface area contributed by atoms with Gasteiger partial charge >= 0.3 is 5.97 Å². The number of rotatable bonds is 10. The number of esters is 1. The highest BCUT2D eigenvalue weighted by Gasteiger charge is 2.32. The number of hydrogen-bond acceptors (Lipinski definition) is 10. The van der Waals surface area contributed by atoms with Crippen molar-refractivity contribution in [3.63, 3.8) is 0 Å². The minimum Gasteiger partial charge on any atom is -0.464 e. The molecule has 0 aliphatic carbocycles. The average Bonchev–Trinajstić information content (AvgIpc) is 2.73. The molecule has 0 saturated heterocycles. The Morgan fingerprint density at radius 2 is 1.19 bits per heavy atom. The van der Waals surface area contributed by atoms with Crippen LogP contribution in [0.3, 0.4) is 0 Å². The number of carbonyl (C=O) groups is 1. The zero-order valence-corrected chi connectivity index (χ0v) is 17.8. The Kier molecular flexibility index (Phi) is 7.57. The van der Waals surface area contributed by atoms with E-state index >= 15 is 0 Å². The van der Waals surface area contributed by atoms with Gasteiger partial charge in [-0.15, -0.1) is 0 Å². The number of nitrogens with zero attached hydrogens (tertiary/aromatic N) is 2. The van der Waals surface area contributed by atoms with Gasteiger partial charge in [0, 0.05) is 24.3 Å². The fourth-order valence-corrected chi connectivity index (χ4v) is 4.55. The van der Waals surface area contributed by atoms with E-state index in [0.29, 0.717) is 0 Å². The number of ether oxygens (including phenoxy) is 1. The Labute approximate surface area is 181 Å². The number of non-ortho nitro benzene ring substituents is 2. The molecular weight excluding hydrogens is 472 g/mol. The van der Waals surface area contributed by atoms with Crippen molar-refractivity contribution >= 4 is 37.4 Å². The van der Waals surface area contributed by atoms with Crippen molar-refractivity contribution in [2.24, 2.45) is 0 Å². The molecule has 32 heavy (non-hydrogen) atoms. The lowest BCUT2D eigenvalue weighted by atomic mass is 10.3. The van der Waals surface area contributed by atoms with Crippen LogP contribution in [-0.2, 0) is 29.6 Å². The second-order valence-electron chi connectivity index (χ2n) is 5.93. The Hall–Kier alpha value is -3.47. The third kappa shape index (κ3) is 6.03. The smallest absolute Gasteiger partial charge is 0.340 e. The number of sulfonamides is 2. The highest BCUT2D eigenvalue weighted by atomic mass is 32.2. The molecule has 0 atom stereocenters. The minimum absolute atomic E-state index is 0.201. The van der Waals surface area contributed by atoms with Crippen LogP contribution in [0.5, 0.6) is 0 Å². The summed E-state index contributed by atoms with van der Waals surface area (Å²) in [5, 5.41) is 21.4. The maximum atomic E-state index is 12.6. The van der Waals surface area contributed by atoms with Crippen LogP contribution >= 0.6 is 0 Å². The van der Waals surface area contributed by atoms with Crippen LogP contribution in [0.4, 0.5) is 11.4 Å². The molecule has 2 aromatic rings.